The molecule has 0 radical (unpaired) electrons. The normalized spacial score (nSPS) is 10.4. The first-order valence-corrected chi connectivity index (χ1v) is 8.17. The van der Waals surface area contributed by atoms with E-state index in [-0.39, 0.29) is 5.91 Å². The second-order valence-electron chi connectivity index (χ2n) is 5.57. The standard InChI is InChI=1S/C20H20N2O3/c1-24-20-12-11-16(14-21-20)22-19(23)10-5-13-25-18-9-4-7-15-6-2-3-8-17(15)18/h2-4,6-9,11-12,14H,5,10,13H2,1H3,(H,22,23). The number of methoxy groups -OCH3 is 1. The molecule has 25 heavy (non-hydrogen) atoms. The lowest BCUT2D eigenvalue weighted by atomic mass is 10.1. The average Bonchev–Trinajstić information content (AvgIpc) is 2.66. The van der Waals surface area contributed by atoms with Gasteiger partial charge in [0.25, 0.3) is 0 Å². The van der Waals surface area contributed by atoms with E-state index in [1.165, 1.54) is 0 Å². The van der Waals surface area contributed by atoms with Crippen molar-refractivity contribution >= 4 is 22.4 Å². The Bertz CT molecular complexity index is 842. The minimum atomic E-state index is -0.0616. The number of nitrogens with one attached hydrogen (secondary N) is 1. The van der Waals surface area contributed by atoms with Gasteiger partial charge in [-0.1, -0.05) is 36.4 Å². The van der Waals surface area contributed by atoms with Crippen molar-refractivity contribution in [3.63, 3.8) is 0 Å². The summed E-state index contributed by atoms with van der Waals surface area (Å²) in [5, 5.41) is 5.03. The van der Waals surface area contributed by atoms with Crippen LogP contribution in [0.25, 0.3) is 10.8 Å². The van der Waals surface area contributed by atoms with Crippen LogP contribution in [0.1, 0.15) is 12.8 Å². The summed E-state index contributed by atoms with van der Waals surface area (Å²) in [6.07, 6.45) is 2.60. The largest absolute Gasteiger partial charge is 0.493 e. The first kappa shape index (κ1) is 16.8. The molecular formula is C20H20N2O3. The van der Waals surface area contributed by atoms with Crippen molar-refractivity contribution in [3.05, 3.63) is 60.8 Å². The molecule has 2 aromatic carbocycles. The van der Waals surface area contributed by atoms with Gasteiger partial charge in [-0.2, -0.15) is 0 Å². The van der Waals surface area contributed by atoms with Crippen molar-refractivity contribution < 1.29 is 14.3 Å². The topological polar surface area (TPSA) is 60.5 Å². The van der Waals surface area contributed by atoms with Crippen LogP contribution in [0, 0.1) is 0 Å². The first-order chi connectivity index (χ1) is 12.3. The zero-order valence-electron chi connectivity index (χ0n) is 14.1. The number of nitrogens with zero attached hydrogens (tertiary/aromatic N) is 1. The first-order valence-electron chi connectivity index (χ1n) is 8.17. The number of aromatic nitrogens is 1. The van der Waals surface area contributed by atoms with Gasteiger partial charge >= 0.3 is 0 Å². The second kappa shape index (κ2) is 8.15. The van der Waals surface area contributed by atoms with Gasteiger partial charge in [-0.3, -0.25) is 4.79 Å². The third-order valence-electron chi connectivity index (χ3n) is 3.78. The minimum Gasteiger partial charge on any atom is -0.493 e. The van der Waals surface area contributed by atoms with Crippen LogP contribution in [0.4, 0.5) is 5.69 Å². The summed E-state index contributed by atoms with van der Waals surface area (Å²) < 4.78 is 10.8. The quantitative estimate of drug-likeness (QED) is 0.662. The van der Waals surface area contributed by atoms with Crippen LogP contribution >= 0.6 is 0 Å². The molecule has 0 aliphatic rings. The lowest BCUT2D eigenvalue weighted by Crippen LogP contribution is -2.13. The average molecular weight is 336 g/mol. The highest BCUT2D eigenvalue weighted by Crippen LogP contribution is 2.25. The van der Waals surface area contributed by atoms with Crippen LogP contribution < -0.4 is 14.8 Å². The Balaban J connectivity index is 1.46. The molecule has 128 valence electrons. The van der Waals surface area contributed by atoms with Crippen molar-refractivity contribution in [1.82, 2.24) is 4.98 Å². The highest BCUT2D eigenvalue weighted by Gasteiger charge is 2.05. The van der Waals surface area contributed by atoms with Crippen LogP contribution in [0.3, 0.4) is 0 Å². The Hall–Kier alpha value is -3.08. The van der Waals surface area contributed by atoms with E-state index in [4.69, 9.17) is 9.47 Å². The second-order valence-corrected chi connectivity index (χ2v) is 5.57. The Morgan fingerprint density at radius 3 is 2.72 bits per heavy atom. The summed E-state index contributed by atoms with van der Waals surface area (Å²) in [5.74, 6) is 1.30. The van der Waals surface area contributed by atoms with Crippen molar-refractivity contribution in [2.24, 2.45) is 0 Å². The highest BCUT2D eigenvalue weighted by molar-refractivity contribution is 5.90. The number of carbonyl (C=O) groups is 1. The molecular weight excluding hydrogens is 316 g/mol. The summed E-state index contributed by atoms with van der Waals surface area (Å²) in [6.45, 7) is 0.488. The number of amides is 1. The number of pyridine rings is 1. The van der Waals surface area contributed by atoms with Gasteiger partial charge in [-0.15, -0.1) is 0 Å². The minimum absolute atomic E-state index is 0.0616. The summed E-state index contributed by atoms with van der Waals surface area (Å²) in [6, 6.07) is 17.5. The number of hydrogen-bond donors (Lipinski definition) is 1. The molecule has 0 unspecified atom stereocenters. The number of hydrogen-bond acceptors (Lipinski definition) is 4. The molecule has 0 aliphatic carbocycles. The summed E-state index contributed by atoms with van der Waals surface area (Å²) >= 11 is 0. The number of ether oxygens (including phenoxy) is 2. The van der Waals surface area contributed by atoms with Crippen LogP contribution in [-0.4, -0.2) is 24.6 Å². The zero-order valence-corrected chi connectivity index (χ0v) is 14.1. The number of anilines is 1. The van der Waals surface area contributed by atoms with E-state index in [2.05, 4.69) is 22.4 Å². The van der Waals surface area contributed by atoms with E-state index in [1.807, 2.05) is 30.3 Å². The Morgan fingerprint density at radius 1 is 1.08 bits per heavy atom. The third-order valence-corrected chi connectivity index (χ3v) is 3.78. The number of rotatable bonds is 7. The molecule has 0 atom stereocenters. The summed E-state index contributed by atoms with van der Waals surface area (Å²) in [5.41, 5.74) is 0.653. The van der Waals surface area contributed by atoms with E-state index in [9.17, 15) is 4.79 Å². The van der Waals surface area contributed by atoms with Crippen molar-refractivity contribution in [2.45, 2.75) is 12.8 Å². The van der Waals surface area contributed by atoms with Crippen LogP contribution in [-0.2, 0) is 4.79 Å². The third kappa shape index (κ3) is 4.47. The van der Waals surface area contributed by atoms with Gasteiger partial charge in [-0.05, 0) is 23.9 Å². The molecule has 0 aliphatic heterocycles. The van der Waals surface area contributed by atoms with Gasteiger partial charge in [0.05, 0.1) is 25.6 Å². The van der Waals surface area contributed by atoms with Gasteiger partial charge in [-0.25, -0.2) is 4.98 Å². The van der Waals surface area contributed by atoms with Crippen molar-refractivity contribution in [1.29, 1.82) is 0 Å². The monoisotopic (exact) mass is 336 g/mol. The predicted octanol–water partition coefficient (Wildman–Crippen LogP) is 4.04. The predicted molar refractivity (Wildman–Crippen MR) is 98.1 cm³/mol. The smallest absolute Gasteiger partial charge is 0.224 e. The fourth-order valence-corrected chi connectivity index (χ4v) is 2.53. The molecule has 0 spiro atoms. The highest BCUT2D eigenvalue weighted by atomic mass is 16.5. The van der Waals surface area contributed by atoms with E-state index in [1.54, 1.807) is 25.4 Å². The number of fused-ring (bicyclic) bond motifs is 1. The van der Waals surface area contributed by atoms with Gasteiger partial charge in [0, 0.05) is 17.9 Å². The van der Waals surface area contributed by atoms with Gasteiger partial charge in [0.15, 0.2) is 0 Å². The SMILES string of the molecule is COc1ccc(NC(=O)CCCOc2cccc3ccccc23)cn1. The van der Waals surface area contributed by atoms with E-state index >= 15 is 0 Å². The van der Waals surface area contributed by atoms with Crippen LogP contribution in [0.2, 0.25) is 0 Å². The van der Waals surface area contributed by atoms with E-state index < -0.39 is 0 Å². The maximum atomic E-state index is 12.0. The Labute approximate surface area is 146 Å². The van der Waals surface area contributed by atoms with Gasteiger partial charge in [0.2, 0.25) is 11.8 Å². The lowest BCUT2D eigenvalue weighted by Gasteiger charge is -2.09. The van der Waals surface area contributed by atoms with Crippen LogP contribution in [0.5, 0.6) is 11.6 Å². The van der Waals surface area contributed by atoms with E-state index in [0.29, 0.717) is 31.0 Å². The summed E-state index contributed by atoms with van der Waals surface area (Å²) in [7, 11) is 1.55. The molecule has 1 amide bonds. The van der Waals surface area contributed by atoms with Crippen molar-refractivity contribution in [3.8, 4) is 11.6 Å². The maximum Gasteiger partial charge on any atom is 0.224 e. The Kier molecular flexibility index (Phi) is 5.46. The molecule has 0 saturated carbocycles. The molecule has 1 aromatic heterocycles. The molecule has 5 heteroatoms. The van der Waals surface area contributed by atoms with Gasteiger partial charge < -0.3 is 14.8 Å². The summed E-state index contributed by atoms with van der Waals surface area (Å²) in [4.78, 5) is 16.0. The van der Waals surface area contributed by atoms with Crippen LogP contribution in [0.15, 0.2) is 60.8 Å². The lowest BCUT2D eigenvalue weighted by molar-refractivity contribution is -0.116. The maximum absolute atomic E-state index is 12.0. The number of benzene rings is 2. The zero-order chi connectivity index (χ0) is 17.5. The number of carbonyl (C=O) groups excluding carboxylic acids is 1. The molecule has 1 heterocycles. The van der Waals surface area contributed by atoms with Gasteiger partial charge in [0.1, 0.15) is 5.75 Å². The molecule has 3 aromatic rings. The molecule has 5 nitrogen and oxygen atoms in total. The molecule has 3 rings (SSSR count). The van der Waals surface area contributed by atoms with Crippen molar-refractivity contribution in [2.75, 3.05) is 19.0 Å². The molecule has 0 saturated heterocycles. The fraction of sp³-hybridized carbons (Fsp3) is 0.200. The fourth-order valence-electron chi connectivity index (χ4n) is 2.53. The molecule has 1 N–H and O–H groups in total. The Morgan fingerprint density at radius 2 is 1.92 bits per heavy atom. The molecule has 0 fully saturated rings. The molecule has 0 bridgehead atoms. The van der Waals surface area contributed by atoms with E-state index in [0.717, 1.165) is 16.5 Å².